The fourth-order valence-corrected chi connectivity index (χ4v) is 4.11. The predicted molar refractivity (Wildman–Crippen MR) is 120 cm³/mol. The van der Waals surface area contributed by atoms with Crippen LogP contribution < -0.4 is 5.32 Å². The number of hydrogen-bond donors (Lipinski definition) is 1. The number of alkyl halides is 1. The van der Waals surface area contributed by atoms with Crippen molar-refractivity contribution < 1.29 is 14.0 Å². The first-order valence-corrected chi connectivity index (χ1v) is 11.0. The minimum Gasteiger partial charge on any atom is -0.343 e. The van der Waals surface area contributed by atoms with Crippen molar-refractivity contribution >= 4 is 11.8 Å². The van der Waals surface area contributed by atoms with E-state index in [1.54, 1.807) is 0 Å². The van der Waals surface area contributed by atoms with Gasteiger partial charge < -0.3 is 10.2 Å². The fourth-order valence-electron chi connectivity index (χ4n) is 4.11. The van der Waals surface area contributed by atoms with Gasteiger partial charge in [0, 0.05) is 6.42 Å². The lowest BCUT2D eigenvalue weighted by atomic mass is 9.95. The zero-order chi connectivity index (χ0) is 23.4. The monoisotopic (exact) mass is 450 g/mol. The molecule has 9 heteroatoms. The Kier molecular flexibility index (Phi) is 6.76. The van der Waals surface area contributed by atoms with Gasteiger partial charge in [0.1, 0.15) is 25.1 Å². The molecule has 1 saturated heterocycles. The molecule has 33 heavy (non-hydrogen) atoms. The van der Waals surface area contributed by atoms with E-state index in [1.807, 2.05) is 42.5 Å². The molecule has 172 valence electrons. The molecule has 2 heterocycles. The number of halogens is 1. The van der Waals surface area contributed by atoms with Crippen LogP contribution in [0.2, 0.25) is 0 Å². The Hall–Kier alpha value is -3.62. The zero-order valence-corrected chi connectivity index (χ0v) is 18.6. The maximum Gasteiger partial charge on any atom is 0.245 e. The molecule has 3 aromatic rings. The van der Waals surface area contributed by atoms with Crippen molar-refractivity contribution in [3.63, 3.8) is 0 Å². The first kappa shape index (κ1) is 22.6. The van der Waals surface area contributed by atoms with Crippen LogP contribution in [0.4, 0.5) is 4.39 Å². The van der Waals surface area contributed by atoms with Crippen molar-refractivity contribution in [1.29, 1.82) is 0 Å². The van der Waals surface area contributed by atoms with Crippen LogP contribution in [0.3, 0.4) is 0 Å². The highest BCUT2D eigenvalue weighted by molar-refractivity contribution is 5.88. The molecule has 0 radical (unpaired) electrons. The number of carbonyl (C=O) groups excluding carboxylic acids is 2. The molecule has 2 amide bonds. The van der Waals surface area contributed by atoms with E-state index in [0.29, 0.717) is 5.92 Å². The Bertz CT molecular complexity index is 1070. The second-order valence-corrected chi connectivity index (χ2v) is 8.58. The van der Waals surface area contributed by atoms with Gasteiger partial charge in [0.25, 0.3) is 0 Å². The van der Waals surface area contributed by atoms with Crippen molar-refractivity contribution in [2.45, 2.75) is 51.0 Å². The largest absolute Gasteiger partial charge is 0.343 e. The molecular formula is C24H27FN6O2. The van der Waals surface area contributed by atoms with Crippen LogP contribution >= 0.6 is 0 Å². The first-order chi connectivity index (χ1) is 15.9. The summed E-state index contributed by atoms with van der Waals surface area (Å²) in [6.07, 6.45) is 0.00232. The summed E-state index contributed by atoms with van der Waals surface area (Å²) in [7, 11) is 0. The molecule has 2 aromatic carbocycles. The van der Waals surface area contributed by atoms with Crippen LogP contribution in [0.1, 0.15) is 48.9 Å². The second kappa shape index (κ2) is 9.89. The molecule has 0 aliphatic carbocycles. The Balaban J connectivity index is 1.56. The molecule has 1 aliphatic rings. The van der Waals surface area contributed by atoms with Crippen LogP contribution in [-0.2, 0) is 16.1 Å². The average molecular weight is 451 g/mol. The Morgan fingerprint density at radius 3 is 2.36 bits per heavy atom. The number of amides is 2. The van der Waals surface area contributed by atoms with Crippen molar-refractivity contribution in [3.05, 3.63) is 77.6 Å². The van der Waals surface area contributed by atoms with E-state index < -0.39 is 24.2 Å². The third-order valence-corrected chi connectivity index (χ3v) is 5.92. The third kappa shape index (κ3) is 5.24. The smallest absolute Gasteiger partial charge is 0.245 e. The van der Waals surface area contributed by atoms with Gasteiger partial charge in [0.2, 0.25) is 11.8 Å². The van der Waals surface area contributed by atoms with Crippen molar-refractivity contribution in [2.24, 2.45) is 0 Å². The van der Waals surface area contributed by atoms with Gasteiger partial charge in [0.05, 0.1) is 12.6 Å². The van der Waals surface area contributed by atoms with E-state index in [1.165, 1.54) is 21.5 Å². The normalized spacial score (nSPS) is 19.0. The van der Waals surface area contributed by atoms with Crippen LogP contribution in [0, 0.1) is 0 Å². The molecule has 0 bridgehead atoms. The highest BCUT2D eigenvalue weighted by Crippen LogP contribution is 2.27. The van der Waals surface area contributed by atoms with Gasteiger partial charge in [-0.3, -0.25) is 9.59 Å². The molecule has 0 saturated carbocycles. The van der Waals surface area contributed by atoms with Gasteiger partial charge in [-0.15, -0.1) is 5.10 Å². The standard InChI is InChI=1S/C24H27FN6O2/c1-16(2)17-8-10-19(11-9-17)23(18-6-4-3-5-7-18)27-24(33)21-12-20(25)13-31(21)22(32)14-30-15-26-28-29-30/h3-11,15-16,20-21,23H,12-14H2,1-2H3,(H,27,33)/t20-,21+,23?/m1/s1. The molecule has 1 aromatic heterocycles. The van der Waals surface area contributed by atoms with Crippen LogP contribution in [0.5, 0.6) is 0 Å². The predicted octanol–water partition coefficient (Wildman–Crippen LogP) is 2.64. The van der Waals surface area contributed by atoms with E-state index in [0.717, 1.165) is 11.1 Å². The number of hydrogen-bond acceptors (Lipinski definition) is 5. The third-order valence-electron chi connectivity index (χ3n) is 5.92. The fraction of sp³-hybridized carbons (Fsp3) is 0.375. The molecule has 3 atom stereocenters. The summed E-state index contributed by atoms with van der Waals surface area (Å²) in [4.78, 5) is 27.4. The maximum atomic E-state index is 14.3. The molecule has 0 spiro atoms. The molecular weight excluding hydrogens is 423 g/mol. The van der Waals surface area contributed by atoms with Crippen LogP contribution in [0.15, 0.2) is 60.9 Å². The number of nitrogens with zero attached hydrogens (tertiary/aromatic N) is 5. The Morgan fingerprint density at radius 2 is 1.73 bits per heavy atom. The number of carbonyl (C=O) groups is 2. The molecule has 1 aliphatic heterocycles. The van der Waals surface area contributed by atoms with E-state index in [4.69, 9.17) is 0 Å². The van der Waals surface area contributed by atoms with E-state index >= 15 is 0 Å². The van der Waals surface area contributed by atoms with Gasteiger partial charge >= 0.3 is 0 Å². The van der Waals surface area contributed by atoms with Gasteiger partial charge in [-0.05, 0) is 33.0 Å². The topological polar surface area (TPSA) is 93.0 Å². The van der Waals surface area contributed by atoms with Crippen molar-refractivity contribution in [3.8, 4) is 0 Å². The number of aromatic nitrogens is 4. The summed E-state index contributed by atoms with van der Waals surface area (Å²) in [6, 6.07) is 16.4. The van der Waals surface area contributed by atoms with Crippen LogP contribution in [0.25, 0.3) is 0 Å². The van der Waals surface area contributed by atoms with Gasteiger partial charge in [-0.2, -0.15) is 0 Å². The Morgan fingerprint density at radius 1 is 1.06 bits per heavy atom. The zero-order valence-electron chi connectivity index (χ0n) is 18.6. The highest BCUT2D eigenvalue weighted by Gasteiger charge is 2.40. The number of tetrazole rings is 1. The lowest BCUT2D eigenvalue weighted by Crippen LogP contribution is -2.48. The lowest BCUT2D eigenvalue weighted by Gasteiger charge is -2.27. The minimum atomic E-state index is -1.26. The quantitative estimate of drug-likeness (QED) is 0.597. The first-order valence-electron chi connectivity index (χ1n) is 11.0. The van der Waals surface area contributed by atoms with Gasteiger partial charge in [-0.1, -0.05) is 68.4 Å². The summed E-state index contributed by atoms with van der Waals surface area (Å²) in [5.74, 6) is -0.397. The summed E-state index contributed by atoms with van der Waals surface area (Å²) < 4.78 is 15.6. The summed E-state index contributed by atoms with van der Waals surface area (Å²) in [5.41, 5.74) is 3.03. The summed E-state index contributed by atoms with van der Waals surface area (Å²) in [6.45, 7) is 3.97. The minimum absolute atomic E-state index is 0.0407. The summed E-state index contributed by atoms with van der Waals surface area (Å²) in [5, 5.41) is 13.7. The second-order valence-electron chi connectivity index (χ2n) is 8.58. The van der Waals surface area contributed by atoms with Gasteiger partial charge in [0.15, 0.2) is 0 Å². The molecule has 1 fully saturated rings. The van der Waals surface area contributed by atoms with Crippen LogP contribution in [-0.4, -0.2) is 55.7 Å². The van der Waals surface area contributed by atoms with E-state index in [9.17, 15) is 14.0 Å². The number of rotatable bonds is 7. The van der Waals surface area contributed by atoms with Crippen molar-refractivity contribution in [1.82, 2.24) is 30.4 Å². The molecule has 1 unspecified atom stereocenters. The number of likely N-dealkylation sites (tertiary alicyclic amines) is 1. The number of nitrogens with one attached hydrogen (secondary N) is 1. The average Bonchev–Trinajstić information content (AvgIpc) is 3.47. The van der Waals surface area contributed by atoms with Gasteiger partial charge in [-0.25, -0.2) is 9.07 Å². The summed E-state index contributed by atoms with van der Waals surface area (Å²) >= 11 is 0. The van der Waals surface area contributed by atoms with E-state index in [2.05, 4.69) is 46.8 Å². The molecule has 1 N–H and O–H groups in total. The van der Waals surface area contributed by atoms with Crippen molar-refractivity contribution in [2.75, 3.05) is 6.54 Å². The number of benzene rings is 2. The highest BCUT2D eigenvalue weighted by atomic mass is 19.1. The maximum absolute atomic E-state index is 14.3. The molecule has 4 rings (SSSR count). The van der Waals surface area contributed by atoms with E-state index in [-0.39, 0.29) is 25.4 Å². The SMILES string of the molecule is CC(C)c1ccc(C(NC(=O)[C@@H]2C[C@@H](F)CN2C(=O)Cn2cnnn2)c2ccccc2)cc1. The molecule has 8 nitrogen and oxygen atoms in total. The Labute approximate surface area is 191 Å². The lowest BCUT2D eigenvalue weighted by molar-refractivity contribution is -0.139.